The normalized spacial score (nSPS) is 23.4. The Labute approximate surface area is 304 Å². The minimum absolute atomic E-state index is 0.0743. The van der Waals surface area contributed by atoms with Crippen molar-refractivity contribution >= 4 is 0 Å². The Morgan fingerprint density at radius 3 is 1.22 bits per heavy atom. The fourth-order valence-electron chi connectivity index (χ4n) is 6.10. The Balaban J connectivity index is 1.12. The van der Waals surface area contributed by atoms with Crippen LogP contribution in [-0.2, 0) is 42.6 Å². The molecular formula is C35H69N3O13. The standard InChI is InChI=1S/C35H69N3O13/c39-29(18-36-20-33-4-1-7-49-33)25-45-14-10-43-12-16-47-27-31(41)22-38(24-35-6-3-9-51-35)23-32(42)28-48-17-13-44-11-15-46-26-30(40)19-37-21-34-5-2-8-50-34/h29-37,39-42H,1-28H2. The number of nitrogens with one attached hydrogen (secondary N) is 2. The van der Waals surface area contributed by atoms with E-state index in [-0.39, 0.29) is 44.7 Å². The van der Waals surface area contributed by atoms with E-state index in [9.17, 15) is 20.4 Å². The molecule has 0 aromatic heterocycles. The molecule has 302 valence electrons. The molecule has 51 heavy (non-hydrogen) atoms. The lowest BCUT2D eigenvalue weighted by Crippen LogP contribution is -2.44. The monoisotopic (exact) mass is 739 g/mol. The zero-order valence-corrected chi connectivity index (χ0v) is 30.8. The smallest absolute Gasteiger partial charge is 0.0900 e. The molecule has 0 bridgehead atoms. The van der Waals surface area contributed by atoms with Crippen molar-refractivity contribution in [3.8, 4) is 0 Å². The van der Waals surface area contributed by atoms with Gasteiger partial charge in [0.2, 0.25) is 0 Å². The van der Waals surface area contributed by atoms with Gasteiger partial charge in [0.1, 0.15) is 0 Å². The van der Waals surface area contributed by atoms with E-state index < -0.39 is 24.4 Å². The molecule has 0 aromatic carbocycles. The van der Waals surface area contributed by atoms with Gasteiger partial charge in [-0.05, 0) is 38.5 Å². The molecule has 16 nitrogen and oxygen atoms in total. The van der Waals surface area contributed by atoms with Gasteiger partial charge in [-0.15, -0.1) is 0 Å². The molecule has 0 aromatic rings. The molecule has 3 aliphatic rings. The highest BCUT2D eigenvalue weighted by molar-refractivity contribution is 4.75. The van der Waals surface area contributed by atoms with Crippen LogP contribution in [0.15, 0.2) is 0 Å². The molecule has 7 atom stereocenters. The van der Waals surface area contributed by atoms with Crippen LogP contribution in [0.25, 0.3) is 0 Å². The van der Waals surface area contributed by atoms with E-state index >= 15 is 0 Å². The van der Waals surface area contributed by atoms with Gasteiger partial charge in [-0.3, -0.25) is 4.90 Å². The quantitative estimate of drug-likeness (QED) is 0.0420. The lowest BCUT2D eigenvalue weighted by Gasteiger charge is -2.29. The van der Waals surface area contributed by atoms with E-state index in [0.717, 1.165) is 71.4 Å². The van der Waals surface area contributed by atoms with Crippen LogP contribution in [0.4, 0.5) is 0 Å². The fourth-order valence-corrected chi connectivity index (χ4v) is 6.10. The predicted molar refractivity (Wildman–Crippen MR) is 188 cm³/mol. The average molecular weight is 740 g/mol. The first-order valence-corrected chi connectivity index (χ1v) is 19.1. The van der Waals surface area contributed by atoms with Crippen molar-refractivity contribution in [1.82, 2.24) is 15.5 Å². The van der Waals surface area contributed by atoms with E-state index in [1.165, 1.54) is 0 Å². The topological polar surface area (TPSA) is 191 Å². The molecule has 0 amide bonds. The van der Waals surface area contributed by atoms with Gasteiger partial charge in [0, 0.05) is 65.6 Å². The van der Waals surface area contributed by atoms with E-state index in [4.69, 9.17) is 42.6 Å². The number of aliphatic hydroxyl groups excluding tert-OH is 4. The molecule has 3 aliphatic heterocycles. The van der Waals surface area contributed by atoms with Gasteiger partial charge >= 0.3 is 0 Å². The summed E-state index contributed by atoms with van der Waals surface area (Å²) in [4.78, 5) is 2.00. The second-order valence-electron chi connectivity index (χ2n) is 13.6. The number of hydrogen-bond donors (Lipinski definition) is 6. The molecule has 3 rings (SSSR count). The third-order valence-corrected chi connectivity index (χ3v) is 8.70. The maximum Gasteiger partial charge on any atom is 0.0900 e. The van der Waals surface area contributed by atoms with Crippen molar-refractivity contribution in [2.24, 2.45) is 0 Å². The molecule has 3 fully saturated rings. The van der Waals surface area contributed by atoms with Crippen molar-refractivity contribution in [2.75, 3.05) is 145 Å². The molecule has 0 aliphatic carbocycles. The predicted octanol–water partition coefficient (Wildman–Crippen LogP) is -1.45. The van der Waals surface area contributed by atoms with Gasteiger partial charge in [0.05, 0.1) is 122 Å². The highest BCUT2D eigenvalue weighted by Gasteiger charge is 2.23. The maximum atomic E-state index is 10.6. The number of aliphatic hydroxyl groups is 4. The minimum Gasteiger partial charge on any atom is -0.389 e. The van der Waals surface area contributed by atoms with Crippen molar-refractivity contribution in [3.05, 3.63) is 0 Å². The van der Waals surface area contributed by atoms with Crippen molar-refractivity contribution in [1.29, 1.82) is 0 Å². The van der Waals surface area contributed by atoms with Crippen LogP contribution in [0, 0.1) is 0 Å². The van der Waals surface area contributed by atoms with Crippen molar-refractivity contribution in [2.45, 2.75) is 81.3 Å². The summed E-state index contributed by atoms with van der Waals surface area (Å²) in [5.41, 5.74) is 0. The Kier molecular flexibility index (Phi) is 26.0. The molecule has 7 unspecified atom stereocenters. The first-order valence-electron chi connectivity index (χ1n) is 19.1. The highest BCUT2D eigenvalue weighted by atomic mass is 16.6. The minimum atomic E-state index is -0.738. The first-order chi connectivity index (χ1) is 25.0. The van der Waals surface area contributed by atoms with E-state index in [0.29, 0.717) is 85.6 Å². The van der Waals surface area contributed by atoms with Gasteiger partial charge in [-0.1, -0.05) is 0 Å². The van der Waals surface area contributed by atoms with Crippen LogP contribution in [0.3, 0.4) is 0 Å². The average Bonchev–Trinajstić information content (AvgIpc) is 3.92. The van der Waals surface area contributed by atoms with Gasteiger partial charge in [0.15, 0.2) is 0 Å². The van der Waals surface area contributed by atoms with Gasteiger partial charge in [-0.25, -0.2) is 0 Å². The fraction of sp³-hybridized carbons (Fsp3) is 1.00. The Morgan fingerprint density at radius 1 is 0.490 bits per heavy atom. The summed E-state index contributed by atoms with van der Waals surface area (Å²) >= 11 is 0. The molecular weight excluding hydrogens is 670 g/mol. The van der Waals surface area contributed by atoms with Crippen LogP contribution in [0.2, 0.25) is 0 Å². The van der Waals surface area contributed by atoms with E-state index in [1.807, 2.05) is 4.90 Å². The van der Waals surface area contributed by atoms with Crippen LogP contribution >= 0.6 is 0 Å². The molecule has 0 spiro atoms. The summed E-state index contributed by atoms with van der Waals surface area (Å²) in [5.74, 6) is 0. The van der Waals surface area contributed by atoms with Gasteiger partial charge < -0.3 is 73.7 Å². The zero-order valence-electron chi connectivity index (χ0n) is 30.8. The van der Waals surface area contributed by atoms with Crippen LogP contribution in [0.1, 0.15) is 38.5 Å². The Hall–Kier alpha value is -0.640. The third-order valence-electron chi connectivity index (χ3n) is 8.70. The summed E-state index contributed by atoms with van der Waals surface area (Å²) in [6.07, 6.45) is 4.22. The summed E-state index contributed by atoms with van der Waals surface area (Å²) in [7, 11) is 0. The van der Waals surface area contributed by atoms with Crippen LogP contribution in [-0.4, -0.2) is 213 Å². The maximum absolute atomic E-state index is 10.6. The number of rotatable bonds is 34. The number of hydrogen-bond acceptors (Lipinski definition) is 16. The van der Waals surface area contributed by atoms with Gasteiger partial charge in [-0.2, -0.15) is 0 Å². The lowest BCUT2D eigenvalue weighted by atomic mass is 10.2. The highest BCUT2D eigenvalue weighted by Crippen LogP contribution is 2.14. The third kappa shape index (κ3) is 23.7. The van der Waals surface area contributed by atoms with Crippen LogP contribution in [0.5, 0.6) is 0 Å². The Bertz CT molecular complexity index is 738. The second-order valence-corrected chi connectivity index (χ2v) is 13.6. The van der Waals surface area contributed by atoms with Crippen molar-refractivity contribution < 1.29 is 63.1 Å². The Morgan fingerprint density at radius 2 is 0.843 bits per heavy atom. The molecule has 0 radical (unpaired) electrons. The van der Waals surface area contributed by atoms with E-state index in [2.05, 4.69) is 10.6 Å². The van der Waals surface area contributed by atoms with E-state index in [1.54, 1.807) is 0 Å². The van der Waals surface area contributed by atoms with Crippen molar-refractivity contribution in [3.63, 3.8) is 0 Å². The molecule has 3 heterocycles. The molecule has 3 saturated heterocycles. The van der Waals surface area contributed by atoms with Gasteiger partial charge in [0.25, 0.3) is 0 Å². The molecule has 16 heteroatoms. The largest absolute Gasteiger partial charge is 0.389 e. The summed E-state index contributed by atoms with van der Waals surface area (Å²) in [5, 5.41) is 47.7. The van der Waals surface area contributed by atoms with Crippen LogP contribution < -0.4 is 10.6 Å². The first kappa shape index (κ1) is 44.8. The molecule has 0 saturated carbocycles. The summed E-state index contributed by atoms with van der Waals surface area (Å²) < 4.78 is 50.1. The number of nitrogens with zero attached hydrogens (tertiary/aromatic N) is 1. The lowest BCUT2D eigenvalue weighted by molar-refractivity contribution is -0.0424. The second kappa shape index (κ2) is 29.7. The SMILES string of the molecule is OC(CNCC1CCCO1)COCCOCCOCC(O)CN(CC(O)COCCOCCOCC(O)CNCC1CCCO1)CC1CCCO1. The summed E-state index contributed by atoms with van der Waals surface area (Å²) in [6.45, 7) is 9.76. The summed E-state index contributed by atoms with van der Waals surface area (Å²) in [6, 6.07) is 0. The molecule has 6 N–H and O–H groups in total. The number of ether oxygens (including phenoxy) is 9. The zero-order chi connectivity index (χ0) is 36.2.